The van der Waals surface area contributed by atoms with Gasteiger partial charge >= 0.3 is 22.8 Å². The summed E-state index contributed by atoms with van der Waals surface area (Å²) in [7, 11) is 12.8. The molecule has 16 rings (SSSR count). The van der Waals surface area contributed by atoms with Crippen LogP contribution in [0.1, 0.15) is 88.9 Å². The normalized spacial score (nSPS) is 15.9. The number of likely N-dealkylation sites (N-methyl/N-ethyl adjacent to an activating group) is 4. The number of likely N-dealkylation sites (tertiary alicyclic amines) is 2. The van der Waals surface area contributed by atoms with Crippen molar-refractivity contribution in [2.24, 2.45) is 0 Å². The number of ether oxygens (including phenoxy) is 1. The lowest BCUT2D eigenvalue weighted by Gasteiger charge is -2.34. The number of methoxy groups -OCH3 is 1. The van der Waals surface area contributed by atoms with Crippen LogP contribution in [0.2, 0.25) is 15.1 Å². The van der Waals surface area contributed by atoms with Crippen molar-refractivity contribution >= 4 is 132 Å². The Morgan fingerprint density at radius 3 is 1.20 bits per heavy atom. The molecular weight excluding hydrogens is 1700 g/mol. The maximum Gasteiger partial charge on any atom is 0.339 e. The number of aromatic nitrogens is 17. The van der Waals surface area contributed by atoms with Crippen molar-refractivity contribution in [3.63, 3.8) is 0 Å². The lowest BCUT2D eigenvalue weighted by atomic mass is 9.90. The minimum atomic E-state index is -0.389. The molecule has 1 saturated carbocycles. The zero-order chi connectivity index (χ0) is 91.5. The topological polar surface area (TPSA) is 425 Å². The average Bonchev–Trinajstić information content (AvgIpc) is 1.64. The monoisotopic (exact) mass is 1800 g/mol. The first kappa shape index (κ1) is 91.7. The third-order valence-corrected chi connectivity index (χ3v) is 23.1. The second-order valence-corrected chi connectivity index (χ2v) is 32.6. The van der Waals surface area contributed by atoms with Gasteiger partial charge in [-0.2, -0.15) is 0 Å². The molecule has 0 spiro atoms. The van der Waals surface area contributed by atoms with Gasteiger partial charge in [0, 0.05) is 98.7 Å². The van der Waals surface area contributed by atoms with Crippen LogP contribution in [-0.4, -0.2) is 224 Å². The highest BCUT2D eigenvalue weighted by atomic mass is 35.5. The van der Waals surface area contributed by atoms with Gasteiger partial charge in [-0.3, -0.25) is 56.0 Å². The molecule has 128 heavy (non-hydrogen) atoms. The fraction of sp³-hybridized carbons (Fsp3) is 0.315. The SMILES string of the molecule is CC/C=C/C(=O)N(C)C1CCC(n2c(=O)n(-c3ccc(Cl)cc3)c3c(N)ncnc32)CC1.CC/C=C/C(=O)N(C)c1ccc(-n2c(=O)n(-c3ccc(Cl)cc3)c3c(N)ncnc32)cn1.CN(C)C/C=C/C(=O)N1CCC(n2c(=O)n(-c3ccc(Cl)cc3)c3c(N)ncnc32)C1.COc1cc(-n2c(=O)n(C3CCN(C(=O)/C=C/CN(C)C)C3)c3ncnc(N)c32)ccc1C. The Morgan fingerprint density at radius 2 is 0.805 bits per heavy atom. The third-order valence-electron chi connectivity index (χ3n) is 22.3. The molecule has 4 aromatic carbocycles. The Kier molecular flexibility index (Phi) is 29.1. The van der Waals surface area contributed by atoms with Crippen molar-refractivity contribution in [2.45, 2.75) is 96.3 Å². The van der Waals surface area contributed by atoms with Gasteiger partial charge < -0.3 is 52.2 Å². The van der Waals surface area contributed by atoms with Gasteiger partial charge in [0.1, 0.15) is 58.9 Å². The summed E-state index contributed by atoms with van der Waals surface area (Å²) in [4.78, 5) is 153. The first-order valence-corrected chi connectivity index (χ1v) is 42.6. The van der Waals surface area contributed by atoms with Crippen LogP contribution in [0.5, 0.6) is 5.75 Å². The van der Waals surface area contributed by atoms with E-state index in [1.165, 1.54) is 60.8 Å². The van der Waals surface area contributed by atoms with Crippen LogP contribution in [0.4, 0.5) is 29.1 Å². The highest BCUT2D eigenvalue weighted by Gasteiger charge is 2.36. The number of imidazole rings is 4. The predicted octanol–water partition coefficient (Wildman–Crippen LogP) is 9.94. The number of benzene rings is 4. The van der Waals surface area contributed by atoms with Crippen molar-refractivity contribution in [3.05, 3.63) is 246 Å². The number of carbonyl (C=O) groups excluding carboxylic acids is 4. The van der Waals surface area contributed by atoms with Crippen LogP contribution in [0.15, 0.2) is 202 Å². The van der Waals surface area contributed by atoms with Gasteiger partial charge in [-0.15, -0.1) is 0 Å². The smallest absolute Gasteiger partial charge is 0.339 e. The van der Waals surface area contributed by atoms with E-state index in [1.807, 2.05) is 101 Å². The highest BCUT2D eigenvalue weighted by Crippen LogP contribution is 2.36. The number of amides is 4. The molecule has 2 atom stereocenters. The van der Waals surface area contributed by atoms with Crippen LogP contribution in [0, 0.1) is 6.92 Å². The van der Waals surface area contributed by atoms with Gasteiger partial charge in [0.05, 0.1) is 53.8 Å². The molecule has 2 aliphatic heterocycles. The fourth-order valence-electron chi connectivity index (χ4n) is 15.8. The summed E-state index contributed by atoms with van der Waals surface area (Å²) in [5.74, 6) is 1.67. The van der Waals surface area contributed by atoms with E-state index in [0.717, 1.165) is 44.1 Å². The van der Waals surface area contributed by atoms with Crippen molar-refractivity contribution < 1.29 is 23.9 Å². The van der Waals surface area contributed by atoms with Gasteiger partial charge in [0.2, 0.25) is 17.7 Å². The third kappa shape index (κ3) is 19.7. The molecule has 666 valence electrons. The minimum Gasteiger partial charge on any atom is -0.496 e. The molecule has 1 aliphatic carbocycles. The molecule has 11 heterocycles. The molecule has 36 nitrogen and oxygen atoms in total. The maximum absolute atomic E-state index is 13.7. The van der Waals surface area contributed by atoms with Crippen molar-refractivity contribution in [1.82, 2.24) is 106 Å². The molecule has 13 aromatic rings. The number of nitrogens with two attached hydrogens (primary N) is 4. The Morgan fingerprint density at radius 1 is 0.430 bits per heavy atom. The molecule has 0 radical (unpaired) electrons. The molecule has 3 aliphatic rings. The van der Waals surface area contributed by atoms with Crippen LogP contribution in [-0.2, 0) is 19.2 Å². The predicted molar refractivity (Wildman–Crippen MR) is 498 cm³/mol. The molecule has 4 amide bonds. The number of aryl methyl sites for hydroxylation is 1. The zero-order valence-electron chi connectivity index (χ0n) is 72.4. The number of anilines is 5. The first-order chi connectivity index (χ1) is 61.5. The number of hydrogen-bond acceptors (Lipinski definition) is 24. The molecule has 0 bridgehead atoms. The summed E-state index contributed by atoms with van der Waals surface area (Å²) in [6.45, 7) is 9.24. The largest absolute Gasteiger partial charge is 0.496 e. The van der Waals surface area contributed by atoms with E-state index >= 15 is 0 Å². The summed E-state index contributed by atoms with van der Waals surface area (Å²) in [6, 6.07) is 29.3. The van der Waals surface area contributed by atoms with Crippen LogP contribution < -0.4 is 55.3 Å². The Bertz CT molecular complexity index is 6640. The summed E-state index contributed by atoms with van der Waals surface area (Å²) in [5, 5.41) is 1.69. The second kappa shape index (κ2) is 40.6. The molecule has 9 aromatic heterocycles. The van der Waals surface area contributed by atoms with Crippen LogP contribution >= 0.6 is 34.8 Å². The van der Waals surface area contributed by atoms with Crippen LogP contribution in [0.25, 0.3) is 73.1 Å². The standard InChI is InChI=1S/C23H27ClN6O2.C23H29N7O3.C22H20ClN7O2.C21H24ClN7O2/c1-3-4-5-19(31)28(2)16-10-12-18(13-11-16)30-22-20(21(25)26-14-27-22)29(23(30)32)17-8-6-15(24)7-9-17;1-15-7-8-16(12-18(15)33-4)29-20-21(24)25-14-26-22(20)30(23(29)32)17-9-11-28(13-17)19(31)6-5-10-27(2)3;1-3-4-5-18(31)28(2)17-11-10-16(12-25-17)30-21-19(20(24)26-13-27-21)29(22(30)32)15-8-6-14(23)7-9-15;1-26(2)10-3-4-17(30)27-11-9-16(12-27)29-20-18(19(23)24-13-25-20)28(21(29)31)15-7-5-14(22)6-8-15/h4-9,14,16,18H,3,10-13H2,1-2H3,(H2,25,26,27);5-8,12,14,17H,9-11,13H2,1-4H3,(H2,24,25,26);4-13H,3H2,1-2H3,(H2,24,26,27);3-8,13,16H,9-12H2,1-2H3,(H2,23,24,25)/b5-4+;6-5+;5-4+;4-3+. The molecule has 39 heteroatoms. The minimum absolute atomic E-state index is 0.0207. The molecule has 2 unspecified atom stereocenters. The summed E-state index contributed by atoms with van der Waals surface area (Å²) >= 11 is 18.0. The fourth-order valence-corrected chi connectivity index (χ4v) is 16.1. The number of nitrogens with zero attached hydrogens (tertiary/aromatic N) is 23. The van der Waals surface area contributed by atoms with Gasteiger partial charge in [-0.05, 0) is 195 Å². The Hall–Kier alpha value is -13.9. The summed E-state index contributed by atoms with van der Waals surface area (Å²) < 4.78 is 17.8. The van der Waals surface area contributed by atoms with E-state index in [9.17, 15) is 38.4 Å². The van der Waals surface area contributed by atoms with E-state index in [0.29, 0.717) is 152 Å². The lowest BCUT2D eigenvalue weighted by molar-refractivity contribution is -0.127. The number of fused-ring (bicyclic) bond motifs is 4. The molecule has 8 N–H and O–H groups in total. The molecular formula is C89H100Cl3N27O9. The summed E-state index contributed by atoms with van der Waals surface area (Å²) in [5.41, 5.74) is 30.9. The van der Waals surface area contributed by atoms with Crippen LogP contribution in [0.3, 0.4) is 0 Å². The number of carbonyl (C=O) groups is 4. The number of pyridine rings is 1. The van der Waals surface area contributed by atoms with Crippen molar-refractivity contribution in [1.29, 1.82) is 0 Å². The van der Waals surface area contributed by atoms with Gasteiger partial charge in [-0.1, -0.05) is 79.0 Å². The van der Waals surface area contributed by atoms with E-state index in [4.69, 9.17) is 62.5 Å². The van der Waals surface area contributed by atoms with Gasteiger partial charge in [0.25, 0.3) is 5.91 Å². The van der Waals surface area contributed by atoms with E-state index < -0.39 is 0 Å². The quantitative estimate of drug-likeness (QED) is 0.0486. The number of allylic oxidation sites excluding steroid dienone is 2. The van der Waals surface area contributed by atoms with E-state index in [1.54, 1.807) is 158 Å². The maximum atomic E-state index is 13.7. The van der Waals surface area contributed by atoms with Crippen molar-refractivity contribution in [2.75, 3.05) is 116 Å². The molecule has 2 saturated heterocycles. The number of rotatable bonds is 21. The highest BCUT2D eigenvalue weighted by molar-refractivity contribution is 6.31. The van der Waals surface area contributed by atoms with E-state index in [2.05, 4.69) is 44.9 Å². The number of nitrogen functional groups attached to an aromatic ring is 4. The van der Waals surface area contributed by atoms with E-state index in [-0.39, 0.29) is 93.8 Å². The number of halogens is 3. The second-order valence-electron chi connectivity index (χ2n) is 31.3. The number of hydrogen-bond donors (Lipinski definition) is 4. The lowest BCUT2D eigenvalue weighted by Crippen LogP contribution is -2.40. The average molecular weight is 1800 g/mol. The Balaban J connectivity index is 0.000000146. The first-order valence-electron chi connectivity index (χ1n) is 41.4. The van der Waals surface area contributed by atoms with Crippen molar-refractivity contribution in [3.8, 4) is 34.2 Å². The van der Waals surface area contributed by atoms with Gasteiger partial charge in [0.15, 0.2) is 45.9 Å². The zero-order valence-corrected chi connectivity index (χ0v) is 74.7. The summed E-state index contributed by atoms with van der Waals surface area (Å²) in [6.07, 6.45) is 26.6. The molecule has 3 fully saturated rings. The Labute approximate surface area is 750 Å². The van der Waals surface area contributed by atoms with Gasteiger partial charge in [-0.25, -0.2) is 68.6 Å².